The Bertz CT molecular complexity index is 1110. The fraction of sp³-hybridized carbons (Fsp3) is 0.440. The number of aromatic nitrogens is 2. The van der Waals surface area contributed by atoms with Crippen LogP contribution < -0.4 is 5.56 Å². The number of nitrogens with one attached hydrogen (secondary N) is 1. The van der Waals surface area contributed by atoms with Gasteiger partial charge in [-0.25, -0.2) is 4.98 Å². The van der Waals surface area contributed by atoms with Crippen LogP contribution in [-0.2, 0) is 16.0 Å². The topological polar surface area (TPSA) is 90.9 Å². The molecule has 1 atom stereocenters. The molecule has 2 aromatic heterocycles. The van der Waals surface area contributed by atoms with Crippen molar-refractivity contribution in [3.63, 3.8) is 0 Å². The van der Waals surface area contributed by atoms with Crippen LogP contribution in [0.15, 0.2) is 53.2 Å². The zero-order valence-electron chi connectivity index (χ0n) is 19.3. The molecule has 1 fully saturated rings. The van der Waals surface area contributed by atoms with E-state index in [4.69, 9.17) is 14.5 Å². The quantitative estimate of drug-likeness (QED) is 0.301. The third kappa shape index (κ3) is 6.59. The van der Waals surface area contributed by atoms with Gasteiger partial charge in [0.05, 0.1) is 44.5 Å². The van der Waals surface area contributed by atoms with Crippen LogP contribution in [0.5, 0.6) is 0 Å². The van der Waals surface area contributed by atoms with Crippen LogP contribution >= 0.6 is 11.3 Å². The Balaban J connectivity index is 1.50. The highest BCUT2D eigenvalue weighted by molar-refractivity contribution is 7.17. The van der Waals surface area contributed by atoms with Crippen molar-refractivity contribution in [3.05, 3.63) is 64.5 Å². The molecule has 4 rings (SSSR count). The fourth-order valence-corrected chi connectivity index (χ4v) is 5.06. The number of benzene rings is 1. The van der Waals surface area contributed by atoms with Gasteiger partial charge in [-0.3, -0.25) is 14.6 Å². The maximum absolute atomic E-state index is 13.0. The third-order valence-corrected chi connectivity index (χ3v) is 6.67. The van der Waals surface area contributed by atoms with Crippen LogP contribution in [0.2, 0.25) is 0 Å². The summed E-state index contributed by atoms with van der Waals surface area (Å²) in [6, 6.07) is 9.88. The van der Waals surface area contributed by atoms with Crippen molar-refractivity contribution in [2.45, 2.75) is 12.6 Å². The number of thiophene rings is 1. The van der Waals surface area contributed by atoms with Crippen molar-refractivity contribution in [2.75, 3.05) is 59.2 Å². The van der Waals surface area contributed by atoms with Crippen LogP contribution in [-0.4, -0.2) is 90.1 Å². The molecule has 1 saturated heterocycles. The summed E-state index contributed by atoms with van der Waals surface area (Å²) in [5.41, 5.74) is 1.77. The standard InChI is InChI=1S/C25H32N4O4S/c1-2-12-33-17-20(30)15-29(9-8-28-10-13-32-14-11-28)16-22-26-24(31)23-21(18-34-25(23)27-22)19-6-4-3-5-7-19/h2-7,18,20,30H,1,8-17H2,(H,26,27,31). The van der Waals surface area contributed by atoms with Gasteiger partial charge in [-0.05, 0) is 5.56 Å². The smallest absolute Gasteiger partial charge is 0.260 e. The summed E-state index contributed by atoms with van der Waals surface area (Å²) in [5.74, 6) is 0.597. The first-order valence-corrected chi connectivity index (χ1v) is 12.5. The first kappa shape index (κ1) is 24.7. The number of nitrogens with zero attached hydrogens (tertiary/aromatic N) is 3. The van der Waals surface area contributed by atoms with Gasteiger partial charge in [0.15, 0.2) is 0 Å². The van der Waals surface area contributed by atoms with Gasteiger partial charge in [0.2, 0.25) is 0 Å². The Morgan fingerprint density at radius 1 is 1.32 bits per heavy atom. The summed E-state index contributed by atoms with van der Waals surface area (Å²) >= 11 is 1.48. The SMILES string of the molecule is C=CCOCC(O)CN(CCN1CCOCC1)Cc1nc2scc(-c3ccccc3)c2c(=O)[nH]1. The molecule has 34 heavy (non-hydrogen) atoms. The van der Waals surface area contributed by atoms with E-state index in [1.165, 1.54) is 11.3 Å². The molecule has 1 aliphatic heterocycles. The average Bonchev–Trinajstić information content (AvgIpc) is 3.28. The van der Waals surface area contributed by atoms with E-state index in [1.54, 1.807) is 6.08 Å². The predicted molar refractivity (Wildman–Crippen MR) is 135 cm³/mol. The summed E-state index contributed by atoms with van der Waals surface area (Å²) in [6.07, 6.45) is 1.02. The van der Waals surface area contributed by atoms with Crippen molar-refractivity contribution in [3.8, 4) is 11.1 Å². The number of aliphatic hydroxyl groups is 1. The van der Waals surface area contributed by atoms with Crippen molar-refractivity contribution in [1.82, 2.24) is 19.8 Å². The summed E-state index contributed by atoms with van der Waals surface area (Å²) in [7, 11) is 0. The Morgan fingerprint density at radius 2 is 2.12 bits per heavy atom. The lowest BCUT2D eigenvalue weighted by molar-refractivity contribution is 0.0124. The molecule has 3 heterocycles. The van der Waals surface area contributed by atoms with E-state index in [-0.39, 0.29) is 12.2 Å². The Hall–Kier alpha value is -2.40. The Kier molecular flexibility index (Phi) is 8.97. The van der Waals surface area contributed by atoms with Crippen molar-refractivity contribution >= 4 is 21.6 Å². The van der Waals surface area contributed by atoms with E-state index in [0.29, 0.717) is 30.9 Å². The molecule has 0 saturated carbocycles. The van der Waals surface area contributed by atoms with Gasteiger partial charge >= 0.3 is 0 Å². The van der Waals surface area contributed by atoms with Gasteiger partial charge in [-0.2, -0.15) is 0 Å². The minimum atomic E-state index is -0.647. The number of aliphatic hydroxyl groups excluding tert-OH is 1. The van der Waals surface area contributed by atoms with Gasteiger partial charge in [0.25, 0.3) is 5.56 Å². The molecule has 9 heteroatoms. The monoisotopic (exact) mass is 484 g/mol. The summed E-state index contributed by atoms with van der Waals surface area (Å²) in [5, 5.41) is 13.1. The van der Waals surface area contributed by atoms with Gasteiger partial charge in [-0.1, -0.05) is 36.4 Å². The lowest BCUT2D eigenvalue weighted by Gasteiger charge is -2.30. The number of ether oxygens (including phenoxy) is 2. The lowest BCUT2D eigenvalue weighted by Crippen LogP contribution is -2.43. The molecule has 1 aliphatic rings. The number of aromatic amines is 1. The van der Waals surface area contributed by atoms with Crippen LogP contribution in [0.4, 0.5) is 0 Å². The number of H-pyrrole nitrogens is 1. The molecule has 0 radical (unpaired) electrons. The average molecular weight is 485 g/mol. The second kappa shape index (κ2) is 12.3. The highest BCUT2D eigenvalue weighted by Gasteiger charge is 2.18. The van der Waals surface area contributed by atoms with Gasteiger partial charge in [0, 0.05) is 43.7 Å². The molecule has 0 spiro atoms. The number of morpholine rings is 1. The lowest BCUT2D eigenvalue weighted by atomic mass is 10.1. The molecule has 2 N–H and O–H groups in total. The highest BCUT2D eigenvalue weighted by atomic mass is 32.1. The molecule has 0 aliphatic carbocycles. The number of hydrogen-bond donors (Lipinski definition) is 2. The zero-order chi connectivity index (χ0) is 23.8. The third-order valence-electron chi connectivity index (χ3n) is 5.80. The molecule has 0 amide bonds. The van der Waals surface area contributed by atoms with Gasteiger partial charge in [-0.15, -0.1) is 17.9 Å². The summed E-state index contributed by atoms with van der Waals surface area (Å²) in [4.78, 5) is 26.0. The molecular formula is C25H32N4O4S. The molecule has 182 valence electrons. The van der Waals surface area contributed by atoms with Crippen LogP contribution in [0.25, 0.3) is 21.3 Å². The largest absolute Gasteiger partial charge is 0.389 e. The number of rotatable bonds is 12. The van der Waals surface area contributed by atoms with Crippen LogP contribution in [0.3, 0.4) is 0 Å². The first-order valence-electron chi connectivity index (χ1n) is 11.6. The molecule has 1 aromatic carbocycles. The summed E-state index contributed by atoms with van der Waals surface area (Å²) < 4.78 is 10.9. The first-order chi connectivity index (χ1) is 16.6. The van der Waals surface area contributed by atoms with E-state index in [2.05, 4.69) is 21.4 Å². The second-order valence-corrected chi connectivity index (χ2v) is 9.24. The maximum atomic E-state index is 13.0. The van der Waals surface area contributed by atoms with Crippen molar-refractivity contribution in [1.29, 1.82) is 0 Å². The van der Waals surface area contributed by atoms with E-state index in [9.17, 15) is 9.90 Å². The maximum Gasteiger partial charge on any atom is 0.260 e. The zero-order valence-corrected chi connectivity index (χ0v) is 20.1. The number of fused-ring (bicyclic) bond motifs is 1. The van der Waals surface area contributed by atoms with E-state index in [1.807, 2.05) is 35.7 Å². The molecule has 0 bridgehead atoms. The van der Waals surface area contributed by atoms with Gasteiger partial charge < -0.3 is 19.6 Å². The molecular weight excluding hydrogens is 452 g/mol. The molecule has 8 nitrogen and oxygen atoms in total. The van der Waals surface area contributed by atoms with E-state index in [0.717, 1.165) is 55.4 Å². The number of hydrogen-bond acceptors (Lipinski definition) is 8. The van der Waals surface area contributed by atoms with E-state index >= 15 is 0 Å². The fourth-order valence-electron chi connectivity index (χ4n) is 4.09. The van der Waals surface area contributed by atoms with Crippen LogP contribution in [0, 0.1) is 0 Å². The van der Waals surface area contributed by atoms with Gasteiger partial charge in [0.1, 0.15) is 10.7 Å². The highest BCUT2D eigenvalue weighted by Crippen LogP contribution is 2.30. The van der Waals surface area contributed by atoms with Crippen molar-refractivity contribution < 1.29 is 14.6 Å². The molecule has 1 unspecified atom stereocenters. The molecule has 3 aromatic rings. The van der Waals surface area contributed by atoms with E-state index < -0.39 is 6.10 Å². The summed E-state index contributed by atoms with van der Waals surface area (Å²) in [6.45, 7) is 10.00. The normalized spacial score (nSPS) is 15.7. The minimum Gasteiger partial charge on any atom is -0.389 e. The predicted octanol–water partition coefficient (Wildman–Crippen LogP) is 2.35. The second-order valence-electron chi connectivity index (χ2n) is 8.38. The Labute approximate surface area is 203 Å². The van der Waals surface area contributed by atoms with Crippen molar-refractivity contribution in [2.24, 2.45) is 0 Å². The minimum absolute atomic E-state index is 0.136. The van der Waals surface area contributed by atoms with Crippen LogP contribution in [0.1, 0.15) is 5.82 Å². The Morgan fingerprint density at radius 3 is 2.88 bits per heavy atom.